The zero-order valence-electron chi connectivity index (χ0n) is 16.0. The summed E-state index contributed by atoms with van der Waals surface area (Å²) in [5.74, 6) is -4.10. The van der Waals surface area contributed by atoms with Crippen molar-refractivity contribution in [3.8, 4) is 0 Å². The molecule has 154 valence electrons. The average molecular weight is 426 g/mol. The molecule has 0 aromatic heterocycles. The lowest BCUT2D eigenvalue weighted by atomic mass is 9.95. The maximum absolute atomic E-state index is 12.9. The van der Waals surface area contributed by atoms with Crippen LogP contribution in [0.3, 0.4) is 0 Å². The first-order valence-electron chi connectivity index (χ1n) is 9.34. The van der Waals surface area contributed by atoms with E-state index in [-0.39, 0.29) is 44.5 Å². The van der Waals surface area contributed by atoms with Gasteiger partial charge < -0.3 is 9.47 Å². The minimum Gasteiger partial charge on any atom is -0.386 e. The van der Waals surface area contributed by atoms with Gasteiger partial charge in [0.1, 0.15) is 0 Å². The van der Waals surface area contributed by atoms with E-state index in [1.54, 1.807) is 0 Å². The third-order valence-electron chi connectivity index (χ3n) is 5.20. The molecule has 8 nitrogen and oxygen atoms in total. The average Bonchev–Trinajstić information content (AvgIpc) is 3.26. The molecule has 32 heavy (non-hydrogen) atoms. The highest BCUT2D eigenvalue weighted by molar-refractivity contribution is 6.19. The van der Waals surface area contributed by atoms with Gasteiger partial charge in [0.2, 0.25) is 0 Å². The summed E-state index contributed by atoms with van der Waals surface area (Å²) in [4.78, 5) is 72.5. The van der Waals surface area contributed by atoms with Crippen LogP contribution in [0.25, 0.3) is 0 Å². The van der Waals surface area contributed by atoms with E-state index >= 15 is 0 Å². The summed E-state index contributed by atoms with van der Waals surface area (Å²) in [6, 6.07) is 14.0. The maximum atomic E-state index is 12.9. The van der Waals surface area contributed by atoms with Crippen LogP contribution in [0.15, 0.2) is 60.7 Å². The molecular formula is C24H10O8. The van der Waals surface area contributed by atoms with Crippen LogP contribution in [0, 0.1) is 0 Å². The number of hydrogen-bond donors (Lipinski definition) is 0. The lowest BCUT2D eigenvalue weighted by Crippen LogP contribution is -2.07. The molecule has 2 aliphatic rings. The standard InChI is InChI=1S/C24H10O8/c25-19(13-4-6-15-17(9-13)23(29)31-21(15)27)11-2-1-3-12(8-11)20(26)14-5-7-16-18(10-14)24(30)32-22(16)28/h1-10H. The lowest BCUT2D eigenvalue weighted by Gasteiger charge is -2.06. The van der Waals surface area contributed by atoms with E-state index in [4.69, 9.17) is 0 Å². The van der Waals surface area contributed by atoms with Crippen LogP contribution in [-0.4, -0.2) is 35.4 Å². The third kappa shape index (κ3) is 2.93. The maximum Gasteiger partial charge on any atom is 0.346 e. The molecule has 5 rings (SSSR count). The Morgan fingerprint density at radius 2 is 0.844 bits per heavy atom. The molecule has 0 atom stereocenters. The third-order valence-corrected chi connectivity index (χ3v) is 5.20. The van der Waals surface area contributed by atoms with Gasteiger partial charge in [-0.2, -0.15) is 0 Å². The topological polar surface area (TPSA) is 121 Å². The fourth-order valence-electron chi connectivity index (χ4n) is 3.59. The summed E-state index contributed by atoms with van der Waals surface area (Å²) in [5.41, 5.74) is 0.861. The molecular weight excluding hydrogens is 416 g/mol. The van der Waals surface area contributed by atoms with Crippen molar-refractivity contribution in [3.05, 3.63) is 105 Å². The second-order valence-corrected chi connectivity index (χ2v) is 7.11. The van der Waals surface area contributed by atoms with Crippen molar-refractivity contribution in [2.45, 2.75) is 0 Å². The largest absolute Gasteiger partial charge is 0.386 e. The highest BCUT2D eigenvalue weighted by Gasteiger charge is 2.31. The van der Waals surface area contributed by atoms with Gasteiger partial charge in [0.15, 0.2) is 11.6 Å². The number of fused-ring (bicyclic) bond motifs is 2. The van der Waals surface area contributed by atoms with E-state index in [0.29, 0.717) is 0 Å². The van der Waals surface area contributed by atoms with Crippen LogP contribution in [0.2, 0.25) is 0 Å². The van der Waals surface area contributed by atoms with E-state index in [1.165, 1.54) is 60.7 Å². The first kappa shape index (κ1) is 19.3. The normalized spacial score (nSPS) is 14.0. The number of benzene rings is 3. The second-order valence-electron chi connectivity index (χ2n) is 7.11. The molecule has 2 aliphatic heterocycles. The minimum absolute atomic E-state index is 0.00709. The van der Waals surface area contributed by atoms with E-state index in [0.717, 1.165) is 0 Å². The molecule has 0 unspecified atom stereocenters. The first-order valence-corrected chi connectivity index (χ1v) is 9.34. The van der Waals surface area contributed by atoms with Crippen LogP contribution >= 0.6 is 0 Å². The van der Waals surface area contributed by atoms with Crippen LogP contribution in [0.1, 0.15) is 73.3 Å². The van der Waals surface area contributed by atoms with Crippen molar-refractivity contribution in [2.24, 2.45) is 0 Å². The number of rotatable bonds is 4. The number of ketones is 2. The van der Waals surface area contributed by atoms with Gasteiger partial charge in [0, 0.05) is 22.3 Å². The lowest BCUT2D eigenvalue weighted by molar-refractivity contribution is 0.0425. The summed E-state index contributed by atoms with van der Waals surface area (Å²) in [5, 5.41) is 0. The molecule has 0 radical (unpaired) electrons. The van der Waals surface area contributed by atoms with Crippen LogP contribution in [0.4, 0.5) is 0 Å². The zero-order chi connectivity index (χ0) is 22.6. The monoisotopic (exact) mass is 426 g/mol. The fraction of sp³-hybridized carbons (Fsp3) is 0. The van der Waals surface area contributed by atoms with Gasteiger partial charge in [-0.1, -0.05) is 30.3 Å². The number of hydrogen-bond acceptors (Lipinski definition) is 8. The minimum atomic E-state index is -0.822. The van der Waals surface area contributed by atoms with Gasteiger partial charge in [-0.3, -0.25) is 9.59 Å². The second kappa shape index (κ2) is 6.92. The van der Waals surface area contributed by atoms with Crippen molar-refractivity contribution in [1.29, 1.82) is 0 Å². The van der Waals surface area contributed by atoms with Gasteiger partial charge in [-0.15, -0.1) is 0 Å². The first-order chi connectivity index (χ1) is 15.3. The Balaban J connectivity index is 1.47. The molecule has 0 fully saturated rings. The van der Waals surface area contributed by atoms with Crippen LogP contribution in [0.5, 0.6) is 0 Å². The molecule has 2 heterocycles. The molecule has 0 saturated carbocycles. The predicted molar refractivity (Wildman–Crippen MR) is 106 cm³/mol. The predicted octanol–water partition coefficient (Wildman–Crippen LogP) is 2.77. The van der Waals surface area contributed by atoms with Gasteiger partial charge in [-0.05, 0) is 30.3 Å². The molecule has 0 N–H and O–H groups in total. The Kier molecular flexibility index (Phi) is 4.16. The number of cyclic esters (lactones) is 4. The Morgan fingerprint density at radius 3 is 1.28 bits per heavy atom. The number of carbonyl (C=O) groups is 6. The molecule has 0 spiro atoms. The number of carbonyl (C=O) groups excluding carboxylic acids is 6. The van der Waals surface area contributed by atoms with Crippen molar-refractivity contribution >= 4 is 35.4 Å². The number of esters is 4. The molecule has 0 aliphatic carbocycles. The summed E-state index contributed by atoms with van der Waals surface area (Å²) in [6.45, 7) is 0. The summed E-state index contributed by atoms with van der Waals surface area (Å²) >= 11 is 0. The van der Waals surface area contributed by atoms with E-state index in [1.807, 2.05) is 0 Å². The Hall–Kier alpha value is -4.72. The fourth-order valence-corrected chi connectivity index (χ4v) is 3.59. The van der Waals surface area contributed by atoms with E-state index < -0.39 is 35.4 Å². The highest BCUT2D eigenvalue weighted by Crippen LogP contribution is 2.25. The highest BCUT2D eigenvalue weighted by atomic mass is 16.6. The Bertz CT molecular complexity index is 1320. The molecule has 0 bridgehead atoms. The molecule has 0 saturated heterocycles. The van der Waals surface area contributed by atoms with Crippen molar-refractivity contribution < 1.29 is 38.2 Å². The van der Waals surface area contributed by atoms with Crippen molar-refractivity contribution in [2.75, 3.05) is 0 Å². The Labute approximate surface area is 179 Å². The van der Waals surface area contributed by atoms with Gasteiger partial charge >= 0.3 is 23.9 Å². The van der Waals surface area contributed by atoms with E-state index in [9.17, 15) is 28.8 Å². The smallest absolute Gasteiger partial charge is 0.346 e. The van der Waals surface area contributed by atoms with Gasteiger partial charge in [0.05, 0.1) is 22.3 Å². The van der Waals surface area contributed by atoms with Gasteiger partial charge in [-0.25, -0.2) is 19.2 Å². The molecule has 3 aromatic carbocycles. The van der Waals surface area contributed by atoms with Crippen molar-refractivity contribution in [1.82, 2.24) is 0 Å². The SMILES string of the molecule is O=C(c1cccc(C(=O)c2ccc3c(c2)C(=O)OC3=O)c1)c1ccc2c(c1)C(=O)OC2=O. The summed E-state index contributed by atoms with van der Waals surface area (Å²) in [7, 11) is 0. The van der Waals surface area contributed by atoms with Gasteiger partial charge in [0.25, 0.3) is 0 Å². The zero-order valence-corrected chi connectivity index (χ0v) is 16.0. The van der Waals surface area contributed by atoms with E-state index in [2.05, 4.69) is 9.47 Å². The summed E-state index contributed by atoms with van der Waals surface area (Å²) in [6.07, 6.45) is 0. The summed E-state index contributed by atoms with van der Waals surface area (Å²) < 4.78 is 9.06. The van der Waals surface area contributed by atoms with Crippen LogP contribution < -0.4 is 0 Å². The molecule has 0 amide bonds. The molecule has 3 aromatic rings. The number of ether oxygens (including phenoxy) is 2. The van der Waals surface area contributed by atoms with Crippen molar-refractivity contribution in [3.63, 3.8) is 0 Å². The van der Waals surface area contributed by atoms with Crippen LogP contribution in [-0.2, 0) is 9.47 Å². The Morgan fingerprint density at radius 1 is 0.469 bits per heavy atom. The molecule has 8 heteroatoms. The quantitative estimate of drug-likeness (QED) is 0.355.